The van der Waals surface area contributed by atoms with Crippen LogP contribution in [0.2, 0.25) is 0 Å². The van der Waals surface area contributed by atoms with Crippen molar-refractivity contribution in [1.82, 2.24) is 16.0 Å². The largest absolute Gasteiger partial charge is 0.490 e. The van der Waals surface area contributed by atoms with Gasteiger partial charge < -0.3 is 38.3 Å². The average Bonchev–Trinajstić information content (AvgIpc) is 3.01. The number of nitrogens with zero attached hydrogens (tertiary/aromatic N) is 1. The molecule has 0 aliphatic heterocycles. The Bertz CT molecular complexity index is 1410. The van der Waals surface area contributed by atoms with Gasteiger partial charge in [0.25, 0.3) is 0 Å². The van der Waals surface area contributed by atoms with Gasteiger partial charge in [0.15, 0.2) is 5.96 Å². The number of guanidine groups is 1. The smallest absolute Gasteiger partial charge is 0.475 e. The number of nitrogens with one attached hydrogen (secondary N) is 3. The van der Waals surface area contributed by atoms with Crippen LogP contribution < -0.4 is 33.2 Å². The number of amides is 4. The highest BCUT2D eigenvalue weighted by Crippen LogP contribution is 2.25. The molecular formula is C31H36F3N7O5. The third-order valence-corrected chi connectivity index (χ3v) is 6.31. The van der Waals surface area contributed by atoms with Crippen LogP contribution in [0.3, 0.4) is 0 Å². The first-order valence-electron chi connectivity index (χ1n) is 13.9. The summed E-state index contributed by atoms with van der Waals surface area (Å²) in [6.07, 6.45) is -4.23. The monoisotopic (exact) mass is 643 g/mol. The Morgan fingerprint density at radius 1 is 0.739 bits per heavy atom. The highest BCUT2D eigenvalue weighted by Gasteiger charge is 2.38. The van der Waals surface area contributed by atoms with E-state index in [2.05, 4.69) is 20.9 Å². The van der Waals surface area contributed by atoms with Gasteiger partial charge in [0.2, 0.25) is 11.8 Å². The summed E-state index contributed by atoms with van der Waals surface area (Å²) < 4.78 is 31.7. The molecular weight excluding hydrogens is 607 g/mol. The molecule has 0 fully saturated rings. The van der Waals surface area contributed by atoms with Crippen molar-refractivity contribution in [1.29, 1.82) is 0 Å². The summed E-state index contributed by atoms with van der Waals surface area (Å²) in [5.41, 5.74) is 19.4. The Morgan fingerprint density at radius 3 is 1.61 bits per heavy atom. The van der Waals surface area contributed by atoms with E-state index in [-0.39, 0.29) is 24.3 Å². The second kappa shape index (κ2) is 18.3. The number of hydrogen-bond donors (Lipinski definition) is 7. The van der Waals surface area contributed by atoms with Crippen molar-refractivity contribution in [2.45, 2.75) is 44.1 Å². The summed E-state index contributed by atoms with van der Waals surface area (Å²) in [7, 11) is 0. The summed E-state index contributed by atoms with van der Waals surface area (Å²) in [6, 6.07) is 24.9. The van der Waals surface area contributed by atoms with Crippen molar-refractivity contribution in [3.63, 3.8) is 0 Å². The quantitative estimate of drug-likeness (QED) is 0.0838. The molecule has 0 unspecified atom stereocenters. The lowest BCUT2D eigenvalue weighted by Crippen LogP contribution is -2.48. The second-order valence-electron chi connectivity index (χ2n) is 9.82. The molecule has 0 spiro atoms. The molecule has 0 saturated carbocycles. The minimum Gasteiger partial charge on any atom is -0.475 e. The van der Waals surface area contributed by atoms with E-state index in [1.54, 1.807) is 0 Å². The number of nitrogens with two attached hydrogens (primary N) is 3. The highest BCUT2D eigenvalue weighted by atomic mass is 19.4. The molecule has 4 amide bonds. The predicted octanol–water partition coefficient (Wildman–Crippen LogP) is 2.47. The van der Waals surface area contributed by atoms with E-state index < -0.39 is 30.1 Å². The molecule has 0 bridgehead atoms. The van der Waals surface area contributed by atoms with Gasteiger partial charge >= 0.3 is 18.2 Å². The van der Waals surface area contributed by atoms with Gasteiger partial charge in [-0.3, -0.25) is 14.6 Å². The predicted molar refractivity (Wildman–Crippen MR) is 165 cm³/mol. The molecule has 46 heavy (non-hydrogen) atoms. The fraction of sp³-hybridized carbons (Fsp3) is 0.258. The summed E-state index contributed by atoms with van der Waals surface area (Å²) in [5.74, 6) is -3.95. The van der Waals surface area contributed by atoms with Crippen LogP contribution in [0.4, 0.5) is 18.0 Å². The van der Waals surface area contributed by atoms with Crippen LogP contribution in [0.5, 0.6) is 0 Å². The molecule has 15 heteroatoms. The summed E-state index contributed by atoms with van der Waals surface area (Å²) >= 11 is 0. The number of carboxylic acids is 1. The summed E-state index contributed by atoms with van der Waals surface area (Å²) in [5, 5.41) is 15.5. The van der Waals surface area contributed by atoms with Crippen molar-refractivity contribution >= 4 is 29.8 Å². The number of urea groups is 1. The number of halogens is 3. The lowest BCUT2D eigenvalue weighted by molar-refractivity contribution is -0.192. The number of benzene rings is 3. The molecule has 0 radical (unpaired) electrons. The number of aliphatic imine (C=N–C) groups is 1. The Morgan fingerprint density at radius 2 is 1.20 bits per heavy atom. The third kappa shape index (κ3) is 13.4. The van der Waals surface area contributed by atoms with Crippen LogP contribution in [-0.4, -0.2) is 53.6 Å². The number of aliphatic carboxylic acids is 1. The van der Waals surface area contributed by atoms with Gasteiger partial charge in [-0.15, -0.1) is 0 Å². The van der Waals surface area contributed by atoms with Crippen LogP contribution in [0.15, 0.2) is 89.9 Å². The number of carbonyl (C=O) groups is 4. The fourth-order valence-corrected chi connectivity index (χ4v) is 4.09. The van der Waals surface area contributed by atoms with Crippen LogP contribution >= 0.6 is 0 Å². The SMILES string of the molecule is NC(=O)NCc1ccc(CNC(=O)[C@@H](CCCN=C(N)N)NC(=O)C(c2ccccc2)c2ccccc2)cc1.O=C(O)C(F)(F)F. The van der Waals surface area contributed by atoms with Gasteiger partial charge in [-0.05, 0) is 35.1 Å². The van der Waals surface area contributed by atoms with Gasteiger partial charge in [0, 0.05) is 19.6 Å². The Labute approximate surface area is 263 Å². The highest BCUT2D eigenvalue weighted by molar-refractivity contribution is 5.92. The van der Waals surface area contributed by atoms with Crippen molar-refractivity contribution in [2.75, 3.05) is 6.54 Å². The summed E-state index contributed by atoms with van der Waals surface area (Å²) in [6.45, 7) is 0.920. The Hall–Kier alpha value is -5.60. The maximum absolute atomic E-state index is 13.6. The first kappa shape index (κ1) is 36.6. The Kier molecular flexibility index (Phi) is 14.5. The van der Waals surface area contributed by atoms with Gasteiger partial charge in [-0.2, -0.15) is 13.2 Å². The topological polar surface area (TPSA) is 215 Å². The third-order valence-electron chi connectivity index (χ3n) is 6.31. The zero-order chi connectivity index (χ0) is 34.1. The van der Waals surface area contributed by atoms with E-state index in [1.807, 2.05) is 84.9 Å². The molecule has 0 aliphatic carbocycles. The molecule has 0 aliphatic rings. The standard InChI is InChI=1S/C29H35N7O3.C2HF3O2/c30-28(31)33-17-7-12-24(26(37)34-18-20-13-15-21(16-14-20)19-35-29(32)39)36-27(38)25(22-8-3-1-4-9-22)23-10-5-2-6-11-23;3-2(4,5)1(6)7/h1-6,8-11,13-16,24-25H,7,12,17-19H2,(H,34,37)(H,36,38)(H4,30,31,33)(H3,32,35,39);(H,6,7)/t24-;/m1./s1. The first-order chi connectivity index (χ1) is 21.8. The van der Waals surface area contributed by atoms with E-state index in [1.165, 1.54) is 0 Å². The molecule has 3 rings (SSSR count). The number of hydrogen-bond acceptors (Lipinski definition) is 5. The second-order valence-corrected chi connectivity index (χ2v) is 9.82. The van der Waals surface area contributed by atoms with Crippen LogP contribution in [-0.2, 0) is 27.5 Å². The number of primary amides is 1. The molecule has 0 aromatic heterocycles. The van der Waals surface area contributed by atoms with Crippen molar-refractivity contribution in [2.24, 2.45) is 22.2 Å². The van der Waals surface area contributed by atoms with Gasteiger partial charge in [0.05, 0.1) is 5.92 Å². The maximum atomic E-state index is 13.6. The molecule has 246 valence electrons. The van der Waals surface area contributed by atoms with E-state index in [0.717, 1.165) is 22.3 Å². The normalized spacial score (nSPS) is 11.3. The van der Waals surface area contributed by atoms with E-state index >= 15 is 0 Å². The minimum atomic E-state index is -5.08. The van der Waals surface area contributed by atoms with E-state index in [9.17, 15) is 27.6 Å². The van der Waals surface area contributed by atoms with E-state index in [4.69, 9.17) is 27.1 Å². The van der Waals surface area contributed by atoms with Crippen molar-refractivity contribution in [3.05, 3.63) is 107 Å². The number of alkyl halides is 3. The van der Waals surface area contributed by atoms with Crippen LogP contribution in [0.25, 0.3) is 0 Å². The van der Waals surface area contributed by atoms with Crippen LogP contribution in [0, 0.1) is 0 Å². The zero-order valence-corrected chi connectivity index (χ0v) is 24.7. The van der Waals surface area contributed by atoms with Crippen molar-refractivity contribution < 1.29 is 37.5 Å². The number of carboxylic acid groups (broad SMARTS) is 1. The molecule has 10 N–H and O–H groups in total. The Balaban J connectivity index is 0.000000942. The van der Waals surface area contributed by atoms with Gasteiger partial charge in [0.1, 0.15) is 6.04 Å². The number of carbonyl (C=O) groups excluding carboxylic acids is 3. The minimum absolute atomic E-state index is 0.0252. The molecule has 12 nitrogen and oxygen atoms in total. The first-order valence-corrected chi connectivity index (χ1v) is 13.9. The molecule has 0 heterocycles. The molecule has 1 atom stereocenters. The number of rotatable bonds is 13. The fourth-order valence-electron chi connectivity index (χ4n) is 4.09. The van der Waals surface area contributed by atoms with Crippen molar-refractivity contribution in [3.8, 4) is 0 Å². The lowest BCUT2D eigenvalue weighted by Gasteiger charge is -2.23. The zero-order valence-electron chi connectivity index (χ0n) is 24.7. The molecule has 0 saturated heterocycles. The van der Waals surface area contributed by atoms with E-state index in [0.29, 0.717) is 25.9 Å². The average molecular weight is 644 g/mol. The molecule has 3 aromatic carbocycles. The summed E-state index contributed by atoms with van der Waals surface area (Å²) in [4.78, 5) is 50.7. The van der Waals surface area contributed by atoms with Gasteiger partial charge in [-0.25, -0.2) is 9.59 Å². The molecule has 3 aromatic rings. The van der Waals surface area contributed by atoms with Gasteiger partial charge in [-0.1, -0.05) is 84.9 Å². The maximum Gasteiger partial charge on any atom is 0.490 e. The van der Waals surface area contributed by atoms with Crippen LogP contribution in [0.1, 0.15) is 41.0 Å². The lowest BCUT2D eigenvalue weighted by atomic mass is 9.90.